The summed E-state index contributed by atoms with van der Waals surface area (Å²) < 4.78 is 6.46. The van der Waals surface area contributed by atoms with Crippen molar-refractivity contribution in [3.05, 3.63) is 64.1 Å². The maximum absolute atomic E-state index is 12.3. The molecular weight excluding hydrogens is 354 g/mol. The summed E-state index contributed by atoms with van der Waals surface area (Å²) in [6.45, 7) is 3.24. The van der Waals surface area contributed by atoms with E-state index in [1.165, 1.54) is 0 Å². The van der Waals surface area contributed by atoms with Crippen molar-refractivity contribution in [2.24, 2.45) is 0 Å². The van der Waals surface area contributed by atoms with Crippen LogP contribution in [0.15, 0.2) is 53.0 Å². The first-order valence-corrected chi connectivity index (χ1v) is 8.58. The molecule has 0 unspecified atom stereocenters. The molecule has 4 heteroatoms. The molecule has 1 amide bonds. The fourth-order valence-corrected chi connectivity index (χ4v) is 2.74. The summed E-state index contributed by atoms with van der Waals surface area (Å²) in [7, 11) is 1.85. The number of ether oxygens (including phenoxy) is 1. The number of aryl methyl sites for hydroxylation is 1. The van der Waals surface area contributed by atoms with Crippen LogP contribution in [0.2, 0.25) is 0 Å². The minimum absolute atomic E-state index is 0.148. The molecule has 23 heavy (non-hydrogen) atoms. The highest BCUT2D eigenvalue weighted by Gasteiger charge is 2.11. The van der Waals surface area contributed by atoms with Crippen LogP contribution < -0.4 is 4.74 Å². The van der Waals surface area contributed by atoms with Crippen LogP contribution in [0.25, 0.3) is 0 Å². The largest absolute Gasteiger partial charge is 0.494 e. The molecule has 0 bridgehead atoms. The summed E-state index contributed by atoms with van der Waals surface area (Å²) in [6, 6.07) is 15.9. The van der Waals surface area contributed by atoms with Crippen molar-refractivity contribution in [2.75, 3.05) is 13.7 Å². The van der Waals surface area contributed by atoms with Gasteiger partial charge in [-0.25, -0.2) is 0 Å². The second kappa shape index (κ2) is 8.73. The summed E-state index contributed by atoms with van der Waals surface area (Å²) in [5.74, 6) is 1.02. The Bertz CT molecular complexity index is 640. The summed E-state index contributed by atoms with van der Waals surface area (Å²) in [5, 5.41) is 0. The average molecular weight is 376 g/mol. The monoisotopic (exact) mass is 375 g/mol. The zero-order chi connectivity index (χ0) is 16.7. The molecule has 2 aromatic carbocycles. The van der Waals surface area contributed by atoms with Gasteiger partial charge in [-0.1, -0.05) is 46.3 Å². The fraction of sp³-hybridized carbons (Fsp3) is 0.316. The fourth-order valence-electron chi connectivity index (χ4n) is 2.33. The predicted octanol–water partition coefficient (Wildman–Crippen LogP) is 4.44. The molecule has 0 N–H and O–H groups in total. The number of carbonyl (C=O) groups excluding carboxylic acids is 1. The highest BCUT2D eigenvalue weighted by molar-refractivity contribution is 9.10. The van der Waals surface area contributed by atoms with E-state index in [9.17, 15) is 4.79 Å². The minimum atomic E-state index is 0.148. The van der Waals surface area contributed by atoms with E-state index < -0.39 is 0 Å². The van der Waals surface area contributed by atoms with Crippen LogP contribution in [-0.2, 0) is 17.8 Å². The minimum Gasteiger partial charge on any atom is -0.494 e. The van der Waals surface area contributed by atoms with Gasteiger partial charge in [-0.15, -0.1) is 0 Å². The Morgan fingerprint density at radius 2 is 1.83 bits per heavy atom. The zero-order valence-corrected chi connectivity index (χ0v) is 15.2. The van der Waals surface area contributed by atoms with Gasteiger partial charge < -0.3 is 9.64 Å². The molecule has 0 atom stereocenters. The standard InChI is InChI=1S/C19H22BrNO2/c1-3-23-17-11-8-15(9-12-17)10-13-19(22)21(2)14-16-6-4-5-7-18(16)20/h4-9,11-12H,3,10,13-14H2,1-2H3. The van der Waals surface area contributed by atoms with Crippen molar-refractivity contribution in [3.8, 4) is 5.75 Å². The molecule has 0 aliphatic heterocycles. The summed E-state index contributed by atoms with van der Waals surface area (Å²) in [6.07, 6.45) is 1.25. The van der Waals surface area contributed by atoms with Gasteiger partial charge in [-0.2, -0.15) is 0 Å². The molecule has 3 nitrogen and oxygen atoms in total. The van der Waals surface area contributed by atoms with Crippen LogP contribution in [-0.4, -0.2) is 24.5 Å². The molecule has 0 fully saturated rings. The highest BCUT2D eigenvalue weighted by Crippen LogP contribution is 2.18. The average Bonchev–Trinajstić information content (AvgIpc) is 2.56. The SMILES string of the molecule is CCOc1ccc(CCC(=O)N(C)Cc2ccccc2Br)cc1. The van der Waals surface area contributed by atoms with E-state index in [-0.39, 0.29) is 5.91 Å². The van der Waals surface area contributed by atoms with Gasteiger partial charge in [0.1, 0.15) is 5.75 Å². The Kier molecular flexibility index (Phi) is 6.66. The number of nitrogens with zero attached hydrogens (tertiary/aromatic N) is 1. The number of halogens is 1. The van der Waals surface area contributed by atoms with Crippen LogP contribution in [0.5, 0.6) is 5.75 Å². The van der Waals surface area contributed by atoms with E-state index in [0.29, 0.717) is 19.6 Å². The van der Waals surface area contributed by atoms with E-state index in [1.807, 2.05) is 62.5 Å². The second-order valence-electron chi connectivity index (χ2n) is 5.42. The lowest BCUT2D eigenvalue weighted by molar-refractivity contribution is -0.130. The van der Waals surface area contributed by atoms with Crippen LogP contribution >= 0.6 is 15.9 Å². The Hall–Kier alpha value is -1.81. The van der Waals surface area contributed by atoms with Gasteiger partial charge in [0.05, 0.1) is 6.61 Å². The van der Waals surface area contributed by atoms with Crippen LogP contribution in [0.3, 0.4) is 0 Å². The number of hydrogen-bond donors (Lipinski definition) is 0. The van der Waals surface area contributed by atoms with Crippen molar-refractivity contribution in [2.45, 2.75) is 26.3 Å². The number of benzene rings is 2. The Balaban J connectivity index is 1.85. The van der Waals surface area contributed by atoms with E-state index in [2.05, 4.69) is 15.9 Å². The normalized spacial score (nSPS) is 10.4. The number of amides is 1. The first kappa shape index (κ1) is 17.5. The smallest absolute Gasteiger partial charge is 0.222 e. The Labute approximate surface area is 146 Å². The topological polar surface area (TPSA) is 29.5 Å². The van der Waals surface area contributed by atoms with Gasteiger partial charge in [0.15, 0.2) is 0 Å². The lowest BCUT2D eigenvalue weighted by atomic mass is 10.1. The molecule has 0 saturated carbocycles. The summed E-state index contributed by atoms with van der Waals surface area (Å²) >= 11 is 3.52. The van der Waals surface area contributed by atoms with E-state index in [1.54, 1.807) is 4.90 Å². The maximum atomic E-state index is 12.3. The quantitative estimate of drug-likeness (QED) is 0.715. The first-order chi connectivity index (χ1) is 11.1. The molecule has 0 aliphatic rings. The molecule has 0 aromatic heterocycles. The van der Waals surface area contributed by atoms with Crippen LogP contribution in [0.1, 0.15) is 24.5 Å². The second-order valence-corrected chi connectivity index (χ2v) is 6.27. The molecule has 122 valence electrons. The lowest BCUT2D eigenvalue weighted by Gasteiger charge is -2.18. The molecule has 2 aromatic rings. The highest BCUT2D eigenvalue weighted by atomic mass is 79.9. The molecule has 0 radical (unpaired) electrons. The van der Waals surface area contributed by atoms with E-state index in [0.717, 1.165) is 27.8 Å². The van der Waals surface area contributed by atoms with Crippen molar-refractivity contribution in [1.29, 1.82) is 0 Å². The Morgan fingerprint density at radius 1 is 1.13 bits per heavy atom. The van der Waals surface area contributed by atoms with Crippen molar-refractivity contribution in [1.82, 2.24) is 4.90 Å². The number of rotatable bonds is 7. The van der Waals surface area contributed by atoms with E-state index >= 15 is 0 Å². The predicted molar refractivity (Wildman–Crippen MR) is 96.5 cm³/mol. The van der Waals surface area contributed by atoms with Crippen LogP contribution in [0.4, 0.5) is 0 Å². The van der Waals surface area contributed by atoms with Crippen molar-refractivity contribution < 1.29 is 9.53 Å². The molecule has 0 heterocycles. The van der Waals surface area contributed by atoms with Gasteiger partial charge in [0, 0.05) is 24.5 Å². The van der Waals surface area contributed by atoms with Crippen molar-refractivity contribution >= 4 is 21.8 Å². The number of hydrogen-bond acceptors (Lipinski definition) is 2. The van der Waals surface area contributed by atoms with Gasteiger partial charge in [-0.3, -0.25) is 4.79 Å². The molecule has 0 aliphatic carbocycles. The van der Waals surface area contributed by atoms with Gasteiger partial charge in [0.2, 0.25) is 5.91 Å². The first-order valence-electron chi connectivity index (χ1n) is 7.79. The third-order valence-electron chi connectivity index (χ3n) is 3.65. The molecular formula is C19H22BrNO2. The Morgan fingerprint density at radius 3 is 2.48 bits per heavy atom. The molecule has 0 saturated heterocycles. The van der Waals surface area contributed by atoms with Crippen LogP contribution in [0, 0.1) is 0 Å². The van der Waals surface area contributed by atoms with Crippen molar-refractivity contribution in [3.63, 3.8) is 0 Å². The molecule has 2 rings (SSSR count). The number of carbonyl (C=O) groups is 1. The molecule has 0 spiro atoms. The maximum Gasteiger partial charge on any atom is 0.222 e. The lowest BCUT2D eigenvalue weighted by Crippen LogP contribution is -2.26. The summed E-state index contributed by atoms with van der Waals surface area (Å²) in [4.78, 5) is 14.1. The van der Waals surface area contributed by atoms with Gasteiger partial charge in [0.25, 0.3) is 0 Å². The third kappa shape index (κ3) is 5.39. The van der Waals surface area contributed by atoms with Gasteiger partial charge >= 0.3 is 0 Å². The third-order valence-corrected chi connectivity index (χ3v) is 4.43. The zero-order valence-electron chi connectivity index (χ0n) is 13.6. The van der Waals surface area contributed by atoms with Gasteiger partial charge in [-0.05, 0) is 42.7 Å². The summed E-state index contributed by atoms with van der Waals surface area (Å²) in [5.41, 5.74) is 2.26. The van der Waals surface area contributed by atoms with E-state index in [4.69, 9.17) is 4.74 Å².